The van der Waals surface area contributed by atoms with Crippen LogP contribution in [0.25, 0.3) is 0 Å². The molecule has 5 nitrogen and oxygen atoms in total. The molecule has 1 N–H and O–H groups in total. The molecule has 1 rings (SSSR count). The number of rotatable bonds is 2. The fourth-order valence-electron chi connectivity index (χ4n) is 1.21. The van der Waals surface area contributed by atoms with Gasteiger partial charge in [-0.1, -0.05) is 6.07 Å². The molecule has 98 valence electrons. The van der Waals surface area contributed by atoms with Gasteiger partial charge in [0.25, 0.3) is 0 Å². The van der Waals surface area contributed by atoms with Crippen molar-refractivity contribution in [2.75, 3.05) is 12.4 Å². The lowest BCUT2D eigenvalue weighted by atomic mass is 10.2. The highest BCUT2D eigenvalue weighted by Crippen LogP contribution is 2.17. The smallest absolute Gasteiger partial charge is 0.397 e. The van der Waals surface area contributed by atoms with Crippen molar-refractivity contribution in [2.24, 2.45) is 0 Å². The van der Waals surface area contributed by atoms with E-state index in [0.29, 0.717) is 11.4 Å². The molecular weight excluding hydrogens is 234 g/mol. The van der Waals surface area contributed by atoms with Crippen molar-refractivity contribution in [2.45, 2.75) is 26.4 Å². The standard InChI is InChI=1S/C13H17NO4/c1-13(2,3)18-12(16)11(15)14-9-6-5-7-10(8-9)17-4/h5-8H,1-4H3,(H,14,15). The van der Waals surface area contributed by atoms with Gasteiger partial charge in [0.2, 0.25) is 0 Å². The molecular formula is C13H17NO4. The number of anilines is 1. The average Bonchev–Trinajstić information content (AvgIpc) is 2.27. The predicted molar refractivity (Wildman–Crippen MR) is 67.5 cm³/mol. The van der Waals surface area contributed by atoms with Gasteiger partial charge in [-0.2, -0.15) is 0 Å². The summed E-state index contributed by atoms with van der Waals surface area (Å²) in [5.74, 6) is -1.12. The number of esters is 1. The van der Waals surface area contributed by atoms with Gasteiger partial charge < -0.3 is 14.8 Å². The Labute approximate surface area is 106 Å². The van der Waals surface area contributed by atoms with E-state index in [2.05, 4.69) is 5.32 Å². The summed E-state index contributed by atoms with van der Waals surface area (Å²) in [5, 5.41) is 2.45. The van der Waals surface area contributed by atoms with Crippen molar-refractivity contribution in [3.05, 3.63) is 24.3 Å². The summed E-state index contributed by atoms with van der Waals surface area (Å²) in [4.78, 5) is 23.0. The fraction of sp³-hybridized carbons (Fsp3) is 0.385. The van der Waals surface area contributed by atoms with Crippen LogP contribution >= 0.6 is 0 Å². The fourth-order valence-corrected chi connectivity index (χ4v) is 1.21. The van der Waals surface area contributed by atoms with E-state index in [0.717, 1.165) is 0 Å². The molecule has 0 saturated carbocycles. The molecule has 0 radical (unpaired) electrons. The Kier molecular flexibility index (Phi) is 4.31. The number of benzene rings is 1. The quantitative estimate of drug-likeness (QED) is 0.644. The Bertz CT molecular complexity index is 449. The van der Waals surface area contributed by atoms with Crippen molar-refractivity contribution in [1.29, 1.82) is 0 Å². The summed E-state index contributed by atoms with van der Waals surface area (Å²) in [6.07, 6.45) is 0. The molecule has 0 aliphatic carbocycles. The van der Waals surface area contributed by atoms with E-state index in [1.807, 2.05) is 0 Å². The Morgan fingerprint density at radius 1 is 1.22 bits per heavy atom. The number of amides is 1. The first-order chi connectivity index (χ1) is 8.31. The zero-order valence-electron chi connectivity index (χ0n) is 10.9. The van der Waals surface area contributed by atoms with E-state index >= 15 is 0 Å². The van der Waals surface area contributed by atoms with E-state index in [9.17, 15) is 9.59 Å². The zero-order chi connectivity index (χ0) is 13.8. The van der Waals surface area contributed by atoms with E-state index in [4.69, 9.17) is 9.47 Å². The minimum absolute atomic E-state index is 0.477. The molecule has 0 fully saturated rings. The zero-order valence-corrected chi connectivity index (χ0v) is 10.9. The topological polar surface area (TPSA) is 64.6 Å². The Hall–Kier alpha value is -2.04. The van der Waals surface area contributed by atoms with Crippen molar-refractivity contribution in [3.63, 3.8) is 0 Å². The lowest BCUT2D eigenvalue weighted by molar-refractivity contribution is -0.161. The average molecular weight is 251 g/mol. The summed E-state index contributed by atoms with van der Waals surface area (Å²) in [5.41, 5.74) is -0.215. The van der Waals surface area contributed by atoms with Gasteiger partial charge in [-0.05, 0) is 32.9 Å². The van der Waals surface area contributed by atoms with Crippen LogP contribution in [-0.2, 0) is 14.3 Å². The van der Waals surface area contributed by atoms with E-state index in [-0.39, 0.29) is 0 Å². The van der Waals surface area contributed by atoms with Gasteiger partial charge in [0, 0.05) is 11.8 Å². The lowest BCUT2D eigenvalue weighted by Gasteiger charge is -2.18. The van der Waals surface area contributed by atoms with Crippen LogP contribution in [0.1, 0.15) is 20.8 Å². The van der Waals surface area contributed by atoms with Crippen molar-refractivity contribution < 1.29 is 19.1 Å². The van der Waals surface area contributed by atoms with E-state index in [1.54, 1.807) is 45.0 Å². The van der Waals surface area contributed by atoms with Crippen LogP contribution in [0.5, 0.6) is 5.75 Å². The first-order valence-electron chi connectivity index (χ1n) is 5.50. The normalized spacial score (nSPS) is 10.7. The third kappa shape index (κ3) is 4.45. The molecule has 0 atom stereocenters. The van der Waals surface area contributed by atoms with Crippen LogP contribution in [-0.4, -0.2) is 24.6 Å². The molecule has 1 amide bonds. The van der Waals surface area contributed by atoms with Gasteiger partial charge in [0.15, 0.2) is 0 Å². The van der Waals surface area contributed by atoms with Crippen LogP contribution in [0.2, 0.25) is 0 Å². The van der Waals surface area contributed by atoms with Gasteiger partial charge in [-0.15, -0.1) is 0 Å². The van der Waals surface area contributed by atoms with E-state index < -0.39 is 17.5 Å². The Balaban J connectivity index is 2.66. The first kappa shape index (κ1) is 14.0. The van der Waals surface area contributed by atoms with Crippen LogP contribution in [0.15, 0.2) is 24.3 Å². The number of ether oxygens (including phenoxy) is 2. The van der Waals surface area contributed by atoms with Gasteiger partial charge in [0.1, 0.15) is 11.4 Å². The number of nitrogens with one attached hydrogen (secondary N) is 1. The van der Waals surface area contributed by atoms with Crippen molar-refractivity contribution in [1.82, 2.24) is 0 Å². The molecule has 0 aliphatic heterocycles. The Morgan fingerprint density at radius 3 is 2.44 bits per heavy atom. The van der Waals surface area contributed by atoms with Crippen LogP contribution in [0, 0.1) is 0 Å². The number of methoxy groups -OCH3 is 1. The molecule has 1 aromatic rings. The van der Waals surface area contributed by atoms with Crippen LogP contribution in [0.4, 0.5) is 5.69 Å². The Morgan fingerprint density at radius 2 is 1.89 bits per heavy atom. The highest BCUT2D eigenvalue weighted by Gasteiger charge is 2.22. The summed E-state index contributed by atoms with van der Waals surface area (Å²) >= 11 is 0. The van der Waals surface area contributed by atoms with E-state index in [1.165, 1.54) is 7.11 Å². The van der Waals surface area contributed by atoms with Gasteiger partial charge in [-0.25, -0.2) is 4.79 Å². The molecule has 1 aromatic carbocycles. The minimum atomic E-state index is -0.912. The van der Waals surface area contributed by atoms with Crippen molar-refractivity contribution in [3.8, 4) is 5.75 Å². The van der Waals surface area contributed by atoms with Crippen LogP contribution < -0.4 is 10.1 Å². The maximum absolute atomic E-state index is 11.6. The molecule has 5 heteroatoms. The molecule has 18 heavy (non-hydrogen) atoms. The SMILES string of the molecule is COc1cccc(NC(=O)C(=O)OC(C)(C)C)c1. The second-order valence-electron chi connectivity index (χ2n) is 4.69. The lowest BCUT2D eigenvalue weighted by Crippen LogP contribution is -2.32. The summed E-state index contributed by atoms with van der Waals surface area (Å²) in [6.45, 7) is 5.09. The number of hydrogen-bond acceptors (Lipinski definition) is 4. The van der Waals surface area contributed by atoms with Crippen LogP contribution in [0.3, 0.4) is 0 Å². The first-order valence-corrected chi connectivity index (χ1v) is 5.50. The largest absolute Gasteiger partial charge is 0.497 e. The number of hydrogen-bond donors (Lipinski definition) is 1. The molecule has 0 aliphatic rings. The molecule has 0 aromatic heterocycles. The number of carbonyl (C=O) groups excluding carboxylic acids is 2. The second-order valence-corrected chi connectivity index (χ2v) is 4.69. The molecule has 0 unspecified atom stereocenters. The third-order valence-corrected chi connectivity index (χ3v) is 1.91. The maximum Gasteiger partial charge on any atom is 0.397 e. The predicted octanol–water partition coefficient (Wildman–Crippen LogP) is 1.98. The maximum atomic E-state index is 11.6. The summed E-state index contributed by atoms with van der Waals surface area (Å²) < 4.78 is 9.96. The highest BCUT2D eigenvalue weighted by atomic mass is 16.6. The molecule has 0 spiro atoms. The summed E-state index contributed by atoms with van der Waals surface area (Å²) in [6, 6.07) is 6.72. The minimum Gasteiger partial charge on any atom is -0.497 e. The highest BCUT2D eigenvalue weighted by molar-refractivity contribution is 6.37. The van der Waals surface area contributed by atoms with Crippen molar-refractivity contribution >= 4 is 17.6 Å². The second kappa shape index (κ2) is 5.53. The van der Waals surface area contributed by atoms with Gasteiger partial charge in [0.05, 0.1) is 7.11 Å². The molecule has 0 heterocycles. The third-order valence-electron chi connectivity index (χ3n) is 1.91. The van der Waals surface area contributed by atoms with Gasteiger partial charge >= 0.3 is 11.9 Å². The van der Waals surface area contributed by atoms with Gasteiger partial charge in [-0.3, -0.25) is 4.79 Å². The molecule has 0 saturated heterocycles. The molecule has 0 bridgehead atoms. The summed E-state index contributed by atoms with van der Waals surface area (Å²) in [7, 11) is 1.52. The number of carbonyl (C=O) groups is 2. The monoisotopic (exact) mass is 251 g/mol.